The van der Waals surface area contributed by atoms with Crippen molar-refractivity contribution in [2.24, 2.45) is 4.99 Å². The SMILES string of the molecule is CN=C(NCc1ccc(OC)cc1OC)NC1CCN(c2ccccc2)C1. The number of ether oxygens (including phenoxy) is 2. The zero-order chi connectivity index (χ0) is 19.1. The summed E-state index contributed by atoms with van der Waals surface area (Å²) in [6.07, 6.45) is 1.08. The average Bonchev–Trinajstić information content (AvgIpc) is 3.20. The van der Waals surface area contributed by atoms with Gasteiger partial charge in [-0.3, -0.25) is 4.99 Å². The highest BCUT2D eigenvalue weighted by Gasteiger charge is 2.23. The molecule has 0 bridgehead atoms. The first kappa shape index (κ1) is 18.9. The van der Waals surface area contributed by atoms with E-state index in [2.05, 4.69) is 50.9 Å². The van der Waals surface area contributed by atoms with Crippen LogP contribution in [0, 0.1) is 0 Å². The fourth-order valence-electron chi connectivity index (χ4n) is 3.32. The quantitative estimate of drug-likeness (QED) is 0.606. The Morgan fingerprint density at radius 2 is 1.96 bits per heavy atom. The molecule has 1 saturated heterocycles. The second kappa shape index (κ2) is 9.16. The Balaban J connectivity index is 1.55. The smallest absolute Gasteiger partial charge is 0.191 e. The van der Waals surface area contributed by atoms with Gasteiger partial charge in [-0.25, -0.2) is 0 Å². The summed E-state index contributed by atoms with van der Waals surface area (Å²) in [6, 6.07) is 16.7. The molecule has 1 aliphatic rings. The molecule has 6 nitrogen and oxygen atoms in total. The van der Waals surface area contributed by atoms with Gasteiger partial charge in [-0.15, -0.1) is 0 Å². The maximum absolute atomic E-state index is 5.46. The minimum atomic E-state index is 0.370. The van der Waals surface area contributed by atoms with Crippen LogP contribution in [0.3, 0.4) is 0 Å². The number of nitrogens with zero attached hydrogens (tertiary/aromatic N) is 2. The van der Waals surface area contributed by atoms with Crippen LogP contribution in [0.25, 0.3) is 0 Å². The number of para-hydroxylation sites is 1. The van der Waals surface area contributed by atoms with E-state index in [0.29, 0.717) is 12.6 Å². The van der Waals surface area contributed by atoms with E-state index in [1.165, 1.54) is 5.69 Å². The first-order chi connectivity index (χ1) is 13.2. The molecule has 6 heteroatoms. The van der Waals surface area contributed by atoms with Crippen molar-refractivity contribution in [1.82, 2.24) is 10.6 Å². The van der Waals surface area contributed by atoms with Crippen molar-refractivity contribution >= 4 is 11.6 Å². The molecule has 3 rings (SSSR count). The number of hydrogen-bond acceptors (Lipinski definition) is 4. The molecule has 1 heterocycles. The fraction of sp³-hybridized carbons (Fsp3) is 0.381. The third-order valence-electron chi connectivity index (χ3n) is 4.81. The summed E-state index contributed by atoms with van der Waals surface area (Å²) in [5.41, 5.74) is 2.33. The second-order valence-electron chi connectivity index (χ2n) is 6.52. The van der Waals surface area contributed by atoms with Crippen molar-refractivity contribution in [2.45, 2.75) is 19.0 Å². The van der Waals surface area contributed by atoms with Crippen LogP contribution in [0.5, 0.6) is 11.5 Å². The third kappa shape index (κ3) is 4.84. The minimum absolute atomic E-state index is 0.370. The highest BCUT2D eigenvalue weighted by Crippen LogP contribution is 2.24. The van der Waals surface area contributed by atoms with Crippen LogP contribution < -0.4 is 25.0 Å². The minimum Gasteiger partial charge on any atom is -0.497 e. The topological polar surface area (TPSA) is 58.1 Å². The first-order valence-electron chi connectivity index (χ1n) is 9.21. The van der Waals surface area contributed by atoms with Gasteiger partial charge in [0.25, 0.3) is 0 Å². The summed E-state index contributed by atoms with van der Waals surface area (Å²) in [5, 5.41) is 6.91. The zero-order valence-corrected chi connectivity index (χ0v) is 16.2. The molecule has 144 valence electrons. The zero-order valence-electron chi connectivity index (χ0n) is 16.2. The molecule has 0 aromatic heterocycles. The van der Waals surface area contributed by atoms with Crippen molar-refractivity contribution in [3.05, 3.63) is 54.1 Å². The van der Waals surface area contributed by atoms with E-state index >= 15 is 0 Å². The van der Waals surface area contributed by atoms with Gasteiger partial charge in [0.15, 0.2) is 5.96 Å². The van der Waals surface area contributed by atoms with Crippen LogP contribution in [-0.4, -0.2) is 46.4 Å². The van der Waals surface area contributed by atoms with Crippen molar-refractivity contribution in [2.75, 3.05) is 39.3 Å². The predicted octanol–water partition coefficient (Wildman–Crippen LogP) is 2.65. The molecule has 0 saturated carbocycles. The van der Waals surface area contributed by atoms with Crippen molar-refractivity contribution in [3.63, 3.8) is 0 Å². The molecule has 1 unspecified atom stereocenters. The normalized spacial score (nSPS) is 16.9. The summed E-state index contributed by atoms with van der Waals surface area (Å²) >= 11 is 0. The molecule has 2 N–H and O–H groups in total. The molecular weight excluding hydrogens is 340 g/mol. The Labute approximate surface area is 161 Å². The number of anilines is 1. The van der Waals surface area contributed by atoms with Crippen LogP contribution in [0.2, 0.25) is 0 Å². The van der Waals surface area contributed by atoms with E-state index in [0.717, 1.165) is 42.5 Å². The summed E-state index contributed by atoms with van der Waals surface area (Å²) in [7, 11) is 5.12. The summed E-state index contributed by atoms with van der Waals surface area (Å²) < 4.78 is 10.7. The fourth-order valence-corrected chi connectivity index (χ4v) is 3.32. The predicted molar refractivity (Wildman–Crippen MR) is 110 cm³/mol. The van der Waals surface area contributed by atoms with Gasteiger partial charge in [-0.1, -0.05) is 18.2 Å². The van der Waals surface area contributed by atoms with Gasteiger partial charge < -0.3 is 25.0 Å². The van der Waals surface area contributed by atoms with Crippen LogP contribution >= 0.6 is 0 Å². The monoisotopic (exact) mass is 368 g/mol. The standard InChI is InChI=1S/C21H28N4O2/c1-22-21(23-14-16-9-10-19(26-2)13-20(16)27-3)24-17-11-12-25(15-17)18-7-5-4-6-8-18/h4-10,13,17H,11-12,14-15H2,1-3H3,(H2,22,23,24). The van der Waals surface area contributed by atoms with Gasteiger partial charge >= 0.3 is 0 Å². The largest absolute Gasteiger partial charge is 0.497 e. The van der Waals surface area contributed by atoms with Crippen LogP contribution in [0.1, 0.15) is 12.0 Å². The summed E-state index contributed by atoms with van der Waals surface area (Å²) in [4.78, 5) is 6.76. The van der Waals surface area contributed by atoms with Crippen molar-refractivity contribution in [1.29, 1.82) is 0 Å². The number of rotatable bonds is 6. The summed E-state index contributed by atoms with van der Waals surface area (Å²) in [6.45, 7) is 2.64. The maximum Gasteiger partial charge on any atom is 0.191 e. The van der Waals surface area contributed by atoms with E-state index in [1.54, 1.807) is 21.3 Å². The Kier molecular flexibility index (Phi) is 6.41. The Morgan fingerprint density at radius 3 is 2.67 bits per heavy atom. The molecule has 1 fully saturated rings. The van der Waals surface area contributed by atoms with Gasteiger partial charge in [0.1, 0.15) is 11.5 Å². The van der Waals surface area contributed by atoms with Gasteiger partial charge in [0, 0.05) is 50.0 Å². The molecule has 0 aliphatic carbocycles. The lowest BCUT2D eigenvalue weighted by Gasteiger charge is -2.20. The first-order valence-corrected chi connectivity index (χ1v) is 9.21. The lowest BCUT2D eigenvalue weighted by Crippen LogP contribution is -2.44. The molecule has 2 aromatic carbocycles. The molecule has 1 aliphatic heterocycles. The average molecular weight is 368 g/mol. The number of nitrogens with one attached hydrogen (secondary N) is 2. The molecular formula is C21H28N4O2. The van der Waals surface area contributed by atoms with Crippen molar-refractivity contribution < 1.29 is 9.47 Å². The lowest BCUT2D eigenvalue weighted by atomic mass is 10.2. The maximum atomic E-state index is 5.46. The molecule has 2 aromatic rings. The Bertz CT molecular complexity index is 764. The van der Waals surface area contributed by atoms with Gasteiger partial charge in [-0.05, 0) is 30.7 Å². The van der Waals surface area contributed by atoms with Gasteiger partial charge in [0.05, 0.1) is 14.2 Å². The van der Waals surface area contributed by atoms with E-state index in [-0.39, 0.29) is 0 Å². The van der Waals surface area contributed by atoms with E-state index in [9.17, 15) is 0 Å². The number of methoxy groups -OCH3 is 2. The molecule has 1 atom stereocenters. The van der Waals surface area contributed by atoms with E-state index in [4.69, 9.17) is 9.47 Å². The Hall–Kier alpha value is -2.89. The second-order valence-corrected chi connectivity index (χ2v) is 6.52. The van der Waals surface area contributed by atoms with Crippen LogP contribution in [0.4, 0.5) is 5.69 Å². The van der Waals surface area contributed by atoms with E-state index < -0.39 is 0 Å². The van der Waals surface area contributed by atoms with Gasteiger partial charge in [0.2, 0.25) is 0 Å². The number of guanidine groups is 1. The summed E-state index contributed by atoms with van der Waals surface area (Å²) in [5.74, 6) is 2.38. The molecule has 0 radical (unpaired) electrons. The Morgan fingerprint density at radius 1 is 1.15 bits per heavy atom. The van der Waals surface area contributed by atoms with E-state index in [1.807, 2.05) is 18.2 Å². The number of aliphatic imine (C=N–C) groups is 1. The molecule has 0 amide bonds. The number of hydrogen-bond donors (Lipinski definition) is 2. The highest BCUT2D eigenvalue weighted by molar-refractivity contribution is 5.80. The van der Waals surface area contributed by atoms with Crippen LogP contribution in [0.15, 0.2) is 53.5 Å². The lowest BCUT2D eigenvalue weighted by molar-refractivity contribution is 0.390. The third-order valence-corrected chi connectivity index (χ3v) is 4.81. The van der Waals surface area contributed by atoms with Gasteiger partial charge in [-0.2, -0.15) is 0 Å². The van der Waals surface area contributed by atoms with Crippen molar-refractivity contribution in [3.8, 4) is 11.5 Å². The number of benzene rings is 2. The highest BCUT2D eigenvalue weighted by atomic mass is 16.5. The molecule has 27 heavy (non-hydrogen) atoms. The molecule has 0 spiro atoms. The van der Waals surface area contributed by atoms with Crippen LogP contribution in [-0.2, 0) is 6.54 Å².